The molecule has 0 aliphatic rings. The highest BCUT2D eigenvalue weighted by Crippen LogP contribution is 2.34. The Hall–Kier alpha value is -4.30. The molecule has 0 fully saturated rings. The number of rotatable bonds is 5. The van der Waals surface area contributed by atoms with Crippen molar-refractivity contribution in [3.8, 4) is 0 Å². The topological polar surface area (TPSA) is 94.8 Å². The lowest BCUT2D eigenvalue weighted by molar-refractivity contribution is -0.137. The zero-order valence-electron chi connectivity index (χ0n) is 18.4. The maximum absolute atomic E-state index is 13.8. The summed E-state index contributed by atoms with van der Waals surface area (Å²) < 4.78 is 32.8. The van der Waals surface area contributed by atoms with Crippen molar-refractivity contribution in [2.75, 3.05) is 12.4 Å². The summed E-state index contributed by atoms with van der Waals surface area (Å²) in [5.74, 6) is -1.07. The van der Waals surface area contributed by atoms with Gasteiger partial charge in [-0.2, -0.15) is 0 Å². The molecule has 6 rings (SSSR count). The minimum atomic E-state index is -3.81. The second kappa shape index (κ2) is 7.61. The minimum Gasteiger partial charge on any atom is -0.461 e. The van der Waals surface area contributed by atoms with Crippen LogP contribution in [0.3, 0.4) is 0 Å². The van der Waals surface area contributed by atoms with E-state index in [1.165, 1.54) is 6.07 Å². The van der Waals surface area contributed by atoms with Gasteiger partial charge in [0, 0.05) is 33.0 Å². The summed E-state index contributed by atoms with van der Waals surface area (Å²) in [5.41, 5.74) is 1.70. The van der Waals surface area contributed by atoms with E-state index in [1.807, 2.05) is 36.4 Å². The van der Waals surface area contributed by atoms with Gasteiger partial charge in [0.1, 0.15) is 12.3 Å². The van der Waals surface area contributed by atoms with Crippen LogP contribution in [0.1, 0.15) is 0 Å². The summed E-state index contributed by atoms with van der Waals surface area (Å²) in [7, 11) is -3.81. The van der Waals surface area contributed by atoms with Crippen LogP contribution < -0.4 is 5.56 Å². The highest BCUT2D eigenvalue weighted by Gasteiger charge is 2.23. The molecule has 0 aliphatic heterocycles. The van der Waals surface area contributed by atoms with Gasteiger partial charge < -0.3 is 4.74 Å². The van der Waals surface area contributed by atoms with Crippen LogP contribution in [0, 0.1) is 0 Å². The normalized spacial score (nSPS) is 12.2. The van der Waals surface area contributed by atoms with E-state index in [4.69, 9.17) is 9.72 Å². The molecule has 35 heavy (non-hydrogen) atoms. The number of pyridine rings is 1. The second-order valence-corrected chi connectivity index (χ2v) is 10.3. The zero-order valence-corrected chi connectivity index (χ0v) is 19.2. The summed E-state index contributed by atoms with van der Waals surface area (Å²) >= 11 is 0. The maximum atomic E-state index is 13.8. The Bertz CT molecular complexity index is 2000. The van der Waals surface area contributed by atoms with Crippen LogP contribution in [-0.4, -0.2) is 36.1 Å². The number of nitrogens with zero attached hydrogens (tertiary/aromatic N) is 2. The molecule has 6 aromatic rings. The number of hydrogen-bond donors (Lipinski definition) is 0. The van der Waals surface area contributed by atoms with Crippen molar-refractivity contribution >= 4 is 64.8 Å². The number of carbonyl (C=O) groups is 1. The van der Waals surface area contributed by atoms with Gasteiger partial charge in [0.25, 0.3) is 5.56 Å². The fraction of sp³-hybridized carbons (Fsp3) is 0.0741. The summed E-state index contributed by atoms with van der Waals surface area (Å²) in [6, 6.07) is 19.9. The largest absolute Gasteiger partial charge is 0.461 e. The van der Waals surface area contributed by atoms with Gasteiger partial charge in [-0.3, -0.25) is 9.20 Å². The summed E-state index contributed by atoms with van der Waals surface area (Å²) in [4.78, 5) is 30.0. The van der Waals surface area contributed by atoms with Gasteiger partial charge in [0.05, 0.1) is 21.7 Å². The monoisotopic (exact) mass is 482 g/mol. The lowest BCUT2D eigenvalue weighted by Gasteiger charge is -2.15. The van der Waals surface area contributed by atoms with Crippen molar-refractivity contribution in [3.63, 3.8) is 0 Å². The molecule has 0 amide bonds. The Labute approximate surface area is 199 Å². The van der Waals surface area contributed by atoms with E-state index in [0.29, 0.717) is 27.2 Å². The van der Waals surface area contributed by atoms with E-state index in [9.17, 15) is 18.0 Å². The number of carbonyl (C=O) groups excluding carboxylic acids is 1. The minimum absolute atomic E-state index is 0.0768. The van der Waals surface area contributed by atoms with Crippen LogP contribution in [0.15, 0.2) is 89.1 Å². The summed E-state index contributed by atoms with van der Waals surface area (Å²) in [5, 5.41) is 3.95. The number of sulfone groups is 1. The first-order chi connectivity index (χ1) is 16.9. The van der Waals surface area contributed by atoms with Gasteiger partial charge in [-0.15, -0.1) is 0 Å². The Kier molecular flexibility index (Phi) is 4.62. The number of esters is 1. The van der Waals surface area contributed by atoms with Crippen molar-refractivity contribution in [1.29, 1.82) is 0 Å². The lowest BCUT2D eigenvalue weighted by Crippen LogP contribution is -2.18. The van der Waals surface area contributed by atoms with Gasteiger partial charge in [-0.25, -0.2) is 18.2 Å². The van der Waals surface area contributed by atoms with Gasteiger partial charge >= 0.3 is 5.97 Å². The van der Waals surface area contributed by atoms with Gasteiger partial charge in [0.2, 0.25) is 0 Å². The highest BCUT2D eigenvalue weighted by atomic mass is 32.2. The molecule has 0 bridgehead atoms. The maximum Gasteiger partial charge on any atom is 0.330 e. The third-order valence-corrected chi connectivity index (χ3v) is 8.04. The van der Waals surface area contributed by atoms with Crippen LogP contribution in [0.4, 0.5) is 0 Å². The molecule has 0 atom stereocenters. The summed E-state index contributed by atoms with van der Waals surface area (Å²) in [6.07, 6.45) is 0.982. The number of aromatic nitrogens is 2. The first kappa shape index (κ1) is 21.2. The molecule has 2 aromatic heterocycles. The van der Waals surface area contributed by atoms with Crippen molar-refractivity contribution in [1.82, 2.24) is 9.38 Å². The Balaban J connectivity index is 1.68. The molecule has 0 N–H and O–H groups in total. The predicted molar refractivity (Wildman–Crippen MR) is 136 cm³/mol. The third-order valence-electron chi connectivity index (χ3n) is 6.31. The van der Waals surface area contributed by atoms with E-state index in [2.05, 4.69) is 6.58 Å². The lowest BCUT2D eigenvalue weighted by atomic mass is 10.0. The molecule has 0 spiro atoms. The molecule has 8 heteroatoms. The average Bonchev–Trinajstić information content (AvgIpc) is 2.86. The fourth-order valence-electron chi connectivity index (χ4n) is 4.80. The van der Waals surface area contributed by atoms with Crippen LogP contribution in [0.25, 0.3) is 49.0 Å². The van der Waals surface area contributed by atoms with Gasteiger partial charge in [0.15, 0.2) is 9.84 Å². The Morgan fingerprint density at radius 3 is 2.49 bits per heavy atom. The smallest absolute Gasteiger partial charge is 0.330 e. The van der Waals surface area contributed by atoms with Crippen molar-refractivity contribution < 1.29 is 17.9 Å². The molecule has 0 aliphatic carbocycles. The third kappa shape index (κ3) is 3.10. The standard InChI is InChI=1S/C27H18N2O5S/c1-2-23(30)34-14-15-35(32,33)22-13-12-18-25-17(22)8-5-9-19(25)27(31)29-21-11-4-7-16-6-3-10-20(24(16)21)28-26(18)29/h2-13H,1,14-15H2. The quantitative estimate of drug-likeness (QED) is 0.158. The highest BCUT2D eigenvalue weighted by molar-refractivity contribution is 7.91. The Morgan fingerprint density at radius 2 is 1.69 bits per heavy atom. The van der Waals surface area contributed by atoms with Crippen LogP contribution in [0.5, 0.6) is 0 Å². The van der Waals surface area contributed by atoms with Crippen molar-refractivity contribution in [2.24, 2.45) is 0 Å². The zero-order chi connectivity index (χ0) is 24.3. The SMILES string of the molecule is C=CC(=O)OCCS(=O)(=O)c1ccc2c3c1cccc3c(=O)n1c3cccc4cccc(nc21)c43. The fourth-order valence-corrected chi connectivity index (χ4v) is 6.11. The number of benzene rings is 4. The van der Waals surface area contributed by atoms with E-state index < -0.39 is 15.8 Å². The molecule has 0 unspecified atom stereocenters. The number of hydrogen-bond acceptors (Lipinski definition) is 6. The molecular weight excluding hydrogens is 464 g/mol. The van der Waals surface area contributed by atoms with E-state index in [-0.39, 0.29) is 22.8 Å². The Morgan fingerprint density at radius 1 is 0.943 bits per heavy atom. The molecule has 4 aromatic carbocycles. The molecule has 2 heterocycles. The van der Waals surface area contributed by atoms with Gasteiger partial charge in [-0.05, 0) is 35.7 Å². The average molecular weight is 483 g/mol. The molecule has 0 radical (unpaired) electrons. The molecule has 7 nitrogen and oxygen atoms in total. The van der Waals surface area contributed by atoms with Crippen molar-refractivity contribution in [3.05, 3.63) is 89.7 Å². The van der Waals surface area contributed by atoms with E-state index >= 15 is 0 Å². The van der Waals surface area contributed by atoms with Crippen LogP contribution >= 0.6 is 0 Å². The van der Waals surface area contributed by atoms with Crippen LogP contribution in [0.2, 0.25) is 0 Å². The van der Waals surface area contributed by atoms with E-state index in [1.54, 1.807) is 28.7 Å². The van der Waals surface area contributed by atoms with Crippen LogP contribution in [-0.2, 0) is 19.4 Å². The number of ether oxygens (including phenoxy) is 1. The van der Waals surface area contributed by atoms with Gasteiger partial charge in [-0.1, -0.05) is 43.0 Å². The van der Waals surface area contributed by atoms with E-state index in [0.717, 1.165) is 27.9 Å². The second-order valence-electron chi connectivity index (χ2n) is 8.26. The molecule has 172 valence electrons. The molecule has 0 saturated carbocycles. The first-order valence-corrected chi connectivity index (χ1v) is 12.6. The summed E-state index contributed by atoms with van der Waals surface area (Å²) in [6.45, 7) is 3.01. The first-order valence-electron chi connectivity index (χ1n) is 10.9. The molecular formula is C27H18N2O5S. The van der Waals surface area contributed by atoms with Crippen molar-refractivity contribution in [2.45, 2.75) is 4.90 Å². The number of fused-ring (bicyclic) bond motifs is 3. The molecule has 0 saturated heterocycles. The predicted octanol–water partition coefficient (Wildman–Crippen LogP) is 4.25.